The lowest BCUT2D eigenvalue weighted by Gasteiger charge is -2.59. The molecule has 7 nitrogen and oxygen atoms in total. The number of carbonyl (C=O) groups is 4. The Morgan fingerprint density at radius 3 is 2.43 bits per heavy atom. The molecule has 1 spiro atoms. The molecule has 9 atom stereocenters. The maximum atomic E-state index is 13.9. The molecule has 4 aliphatic carbocycles. The van der Waals surface area contributed by atoms with Gasteiger partial charge in [-0.1, -0.05) is 34.6 Å². The Morgan fingerprint density at radius 2 is 1.74 bits per heavy atom. The molecule has 5 fully saturated rings. The number of ketones is 2. The third-order valence-corrected chi connectivity index (χ3v) is 11.0. The van der Waals surface area contributed by atoms with Gasteiger partial charge in [0.2, 0.25) is 5.78 Å². The number of hydrogen-bond acceptors (Lipinski definition) is 7. The van der Waals surface area contributed by atoms with Crippen LogP contribution in [0.3, 0.4) is 0 Å². The molecule has 5 rings (SSSR count). The van der Waals surface area contributed by atoms with Crippen LogP contribution in [-0.2, 0) is 33.4 Å². The van der Waals surface area contributed by atoms with Crippen molar-refractivity contribution in [3.63, 3.8) is 0 Å². The lowest BCUT2D eigenvalue weighted by atomic mass is 9.44. The van der Waals surface area contributed by atoms with Crippen molar-refractivity contribution >= 4 is 23.5 Å². The molecule has 0 bridgehead atoms. The van der Waals surface area contributed by atoms with E-state index in [2.05, 4.69) is 13.8 Å². The fourth-order valence-corrected chi connectivity index (χ4v) is 9.30. The van der Waals surface area contributed by atoms with E-state index in [0.29, 0.717) is 31.0 Å². The number of hydrogen-bond donors (Lipinski definition) is 0. The van der Waals surface area contributed by atoms with Gasteiger partial charge in [0, 0.05) is 42.4 Å². The van der Waals surface area contributed by atoms with Crippen molar-refractivity contribution in [2.24, 2.45) is 34.5 Å². The molecule has 0 amide bonds. The lowest BCUT2D eigenvalue weighted by Crippen LogP contribution is -2.65. The van der Waals surface area contributed by atoms with Crippen molar-refractivity contribution in [2.45, 2.75) is 110 Å². The molecule has 0 radical (unpaired) electrons. The minimum absolute atomic E-state index is 0.00857. The van der Waals surface area contributed by atoms with Crippen molar-refractivity contribution in [3.05, 3.63) is 0 Å². The van der Waals surface area contributed by atoms with Crippen LogP contribution >= 0.6 is 0 Å². The van der Waals surface area contributed by atoms with Gasteiger partial charge in [-0.3, -0.25) is 19.2 Å². The van der Waals surface area contributed by atoms with Crippen LogP contribution in [-0.4, -0.2) is 47.4 Å². The van der Waals surface area contributed by atoms with Crippen LogP contribution in [0, 0.1) is 34.5 Å². The molecule has 1 aliphatic heterocycles. The average Bonchev–Trinajstić information content (AvgIpc) is 3.50. The monoisotopic (exact) mass is 488 g/mol. The van der Waals surface area contributed by atoms with Crippen LogP contribution in [0.25, 0.3) is 0 Å². The minimum atomic E-state index is -1.34. The Labute approximate surface area is 208 Å². The highest BCUT2D eigenvalue weighted by Gasteiger charge is 2.83. The van der Waals surface area contributed by atoms with Gasteiger partial charge in [0.1, 0.15) is 11.4 Å². The molecular weight excluding hydrogens is 448 g/mol. The largest absolute Gasteiger partial charge is 0.457 e. The smallest absolute Gasteiger partial charge is 0.306 e. The van der Waals surface area contributed by atoms with Crippen LogP contribution in [0.15, 0.2) is 0 Å². The van der Waals surface area contributed by atoms with Crippen molar-refractivity contribution in [1.82, 2.24) is 0 Å². The summed E-state index contributed by atoms with van der Waals surface area (Å²) in [7, 11) is 0. The van der Waals surface area contributed by atoms with Crippen molar-refractivity contribution in [2.75, 3.05) is 6.61 Å². The van der Waals surface area contributed by atoms with Gasteiger partial charge >= 0.3 is 11.9 Å². The van der Waals surface area contributed by atoms with Crippen LogP contribution in [0.4, 0.5) is 0 Å². The highest BCUT2D eigenvalue weighted by Crippen LogP contribution is 2.77. The average molecular weight is 489 g/mol. The molecular formula is C28H40O7. The summed E-state index contributed by atoms with van der Waals surface area (Å²) >= 11 is 0. The van der Waals surface area contributed by atoms with Gasteiger partial charge in [-0.25, -0.2) is 0 Å². The first kappa shape index (κ1) is 24.9. The predicted molar refractivity (Wildman–Crippen MR) is 126 cm³/mol. The van der Waals surface area contributed by atoms with E-state index in [1.54, 1.807) is 13.8 Å². The molecule has 2 unspecified atom stereocenters. The summed E-state index contributed by atoms with van der Waals surface area (Å²) in [6, 6.07) is 0. The third kappa shape index (κ3) is 3.12. The Bertz CT molecular complexity index is 959. The molecule has 1 heterocycles. The maximum Gasteiger partial charge on any atom is 0.306 e. The molecule has 35 heavy (non-hydrogen) atoms. The van der Waals surface area contributed by atoms with Crippen molar-refractivity contribution in [1.29, 1.82) is 0 Å². The molecule has 5 aliphatic rings. The minimum Gasteiger partial charge on any atom is -0.457 e. The second kappa shape index (κ2) is 8.12. The van der Waals surface area contributed by atoms with Crippen LogP contribution in [0.1, 0.15) is 92.4 Å². The second-order valence-corrected chi connectivity index (χ2v) is 12.3. The predicted octanol–water partition coefficient (Wildman–Crippen LogP) is 4.19. The number of rotatable bonds is 6. The zero-order valence-electron chi connectivity index (χ0n) is 21.8. The van der Waals surface area contributed by atoms with E-state index < -0.39 is 23.0 Å². The number of ether oxygens (including phenoxy) is 3. The van der Waals surface area contributed by atoms with Crippen molar-refractivity contribution < 1.29 is 33.4 Å². The summed E-state index contributed by atoms with van der Waals surface area (Å²) < 4.78 is 18.1. The molecule has 194 valence electrons. The van der Waals surface area contributed by atoms with E-state index >= 15 is 0 Å². The topological polar surface area (TPSA) is 99.3 Å². The first-order valence-electron chi connectivity index (χ1n) is 13.6. The summed E-state index contributed by atoms with van der Waals surface area (Å²) in [6.07, 6.45) is 5.86. The fourth-order valence-electron chi connectivity index (χ4n) is 9.30. The van der Waals surface area contributed by atoms with Gasteiger partial charge in [0.25, 0.3) is 0 Å². The molecule has 7 heteroatoms. The SMILES string of the molecule is CCC(=O)OCC(=O)[C@]1(OC(=O)CC)[C@@H](C)C[C@H]2[C@@H]3CC[C@H]4CC(=O)CC[C@]4(C)C34OC4C[C@@]21C. The fraction of sp³-hybridized carbons (Fsp3) is 0.857. The molecule has 1 saturated heterocycles. The van der Waals surface area contributed by atoms with Gasteiger partial charge in [-0.2, -0.15) is 0 Å². The zero-order chi connectivity index (χ0) is 25.4. The molecule has 0 aromatic heterocycles. The molecule has 0 aromatic carbocycles. The normalized spacial score (nSPS) is 47.6. The number of Topliss-reactive ketones (excluding diaryl/α,β-unsaturated/α-hetero) is 2. The number of esters is 2. The maximum absolute atomic E-state index is 13.9. The third-order valence-electron chi connectivity index (χ3n) is 11.0. The van der Waals surface area contributed by atoms with Crippen molar-refractivity contribution in [3.8, 4) is 0 Å². The number of carbonyl (C=O) groups excluding carboxylic acids is 4. The quantitative estimate of drug-likeness (QED) is 0.408. The van der Waals surface area contributed by atoms with E-state index in [4.69, 9.17) is 14.2 Å². The van der Waals surface area contributed by atoms with Crippen LogP contribution in [0.5, 0.6) is 0 Å². The Morgan fingerprint density at radius 1 is 1.03 bits per heavy atom. The Kier molecular flexibility index (Phi) is 5.78. The van der Waals surface area contributed by atoms with Gasteiger partial charge < -0.3 is 14.2 Å². The van der Waals surface area contributed by atoms with E-state index in [1.807, 2.05) is 6.92 Å². The highest BCUT2D eigenvalue weighted by atomic mass is 16.6. The first-order valence-corrected chi connectivity index (χ1v) is 13.6. The molecule has 0 N–H and O–H groups in total. The summed E-state index contributed by atoms with van der Waals surface area (Å²) in [5.74, 6) is -0.196. The second-order valence-electron chi connectivity index (χ2n) is 12.3. The zero-order valence-corrected chi connectivity index (χ0v) is 21.8. The first-order chi connectivity index (χ1) is 16.5. The Balaban J connectivity index is 1.52. The Hall–Kier alpha value is -1.76. The summed E-state index contributed by atoms with van der Waals surface area (Å²) in [5, 5.41) is 0. The van der Waals surface area contributed by atoms with Gasteiger partial charge in [0.05, 0.1) is 6.10 Å². The highest BCUT2D eigenvalue weighted by molar-refractivity contribution is 5.93. The van der Waals surface area contributed by atoms with Gasteiger partial charge in [-0.05, 0) is 49.9 Å². The number of epoxide rings is 1. The van der Waals surface area contributed by atoms with E-state index in [0.717, 1.165) is 25.7 Å². The van der Waals surface area contributed by atoms with Crippen LogP contribution < -0.4 is 0 Å². The van der Waals surface area contributed by atoms with Gasteiger partial charge in [0.15, 0.2) is 12.2 Å². The molecule has 0 aromatic rings. The van der Waals surface area contributed by atoms with E-state index in [1.165, 1.54) is 0 Å². The van der Waals surface area contributed by atoms with Crippen LogP contribution in [0.2, 0.25) is 0 Å². The number of fused-ring (bicyclic) bond motifs is 3. The summed E-state index contributed by atoms with van der Waals surface area (Å²) in [4.78, 5) is 50.8. The molecule has 4 saturated carbocycles. The lowest BCUT2D eigenvalue weighted by molar-refractivity contribution is -0.196. The van der Waals surface area contributed by atoms with Gasteiger partial charge in [-0.15, -0.1) is 0 Å². The van der Waals surface area contributed by atoms with E-state index in [-0.39, 0.29) is 60.1 Å². The van der Waals surface area contributed by atoms with E-state index in [9.17, 15) is 19.2 Å². The summed E-state index contributed by atoms with van der Waals surface area (Å²) in [5.41, 5.74) is -2.22. The standard InChI is InChI=1S/C28H40O7/c1-6-23(31)33-15-21(30)27(35-24(32)7-2)16(3)12-20-19-9-8-17-13-18(29)10-11-25(17,4)28(19)22(34-28)14-26(20,27)5/h16-17,19-20,22H,6-15H2,1-5H3/t16-,17-,19-,20-,22?,25-,26-,27+,28?/m0/s1. The summed E-state index contributed by atoms with van der Waals surface area (Å²) in [6.45, 7) is 9.50.